The number of hydrogen-bond acceptors (Lipinski definition) is 1. The van der Waals surface area contributed by atoms with Crippen LogP contribution in [0.3, 0.4) is 0 Å². The Labute approximate surface area is 70.3 Å². The molecule has 2 rings (SSSR count). The molecule has 1 aliphatic heterocycles. The molecule has 2 fully saturated rings. The fourth-order valence-corrected chi connectivity index (χ4v) is 2.17. The van der Waals surface area contributed by atoms with Gasteiger partial charge in [-0.2, -0.15) is 0 Å². The molecule has 0 aromatic heterocycles. The van der Waals surface area contributed by atoms with Crippen molar-refractivity contribution in [1.82, 2.24) is 0 Å². The summed E-state index contributed by atoms with van der Waals surface area (Å²) in [4.78, 5) is 0. The van der Waals surface area contributed by atoms with E-state index in [1.54, 1.807) is 0 Å². The predicted octanol–water partition coefficient (Wildman–Crippen LogP) is 2.34. The average molecular weight is 205 g/mol. The molecular weight excluding hydrogens is 192 g/mol. The van der Waals surface area contributed by atoms with Crippen molar-refractivity contribution in [2.24, 2.45) is 5.41 Å². The van der Waals surface area contributed by atoms with Gasteiger partial charge >= 0.3 is 0 Å². The van der Waals surface area contributed by atoms with Gasteiger partial charge in [-0.1, -0.05) is 15.9 Å². The van der Waals surface area contributed by atoms with Gasteiger partial charge in [-0.15, -0.1) is 0 Å². The van der Waals surface area contributed by atoms with E-state index in [9.17, 15) is 0 Å². The van der Waals surface area contributed by atoms with Crippen LogP contribution in [-0.2, 0) is 4.74 Å². The quantitative estimate of drug-likeness (QED) is 0.507. The number of alkyl halides is 1. The largest absolute Gasteiger partial charge is 0.373 e. The van der Waals surface area contributed by atoms with Crippen molar-refractivity contribution >= 4 is 15.9 Å². The fourth-order valence-electron chi connectivity index (χ4n) is 1.33. The molecule has 1 nitrogen and oxygen atoms in total. The Morgan fingerprint density at radius 1 is 1.50 bits per heavy atom. The van der Waals surface area contributed by atoms with Crippen molar-refractivity contribution in [2.75, 3.05) is 11.9 Å². The van der Waals surface area contributed by atoms with E-state index in [1.165, 1.54) is 31.0 Å². The zero-order valence-electron chi connectivity index (χ0n) is 6.11. The number of hydrogen-bond donors (Lipinski definition) is 0. The molecule has 58 valence electrons. The molecule has 1 atom stereocenters. The van der Waals surface area contributed by atoms with Gasteiger partial charge in [0.05, 0.1) is 12.7 Å². The van der Waals surface area contributed by atoms with Crippen LogP contribution in [0.4, 0.5) is 0 Å². The van der Waals surface area contributed by atoms with E-state index in [-0.39, 0.29) is 0 Å². The lowest BCUT2D eigenvalue weighted by Crippen LogP contribution is -2.03. The molecule has 1 saturated heterocycles. The third-order valence-electron chi connectivity index (χ3n) is 2.64. The van der Waals surface area contributed by atoms with E-state index in [2.05, 4.69) is 15.9 Å². The second kappa shape index (κ2) is 2.49. The summed E-state index contributed by atoms with van der Waals surface area (Å²) in [5.74, 6) is 0. The van der Waals surface area contributed by atoms with Crippen molar-refractivity contribution in [3.63, 3.8) is 0 Å². The van der Waals surface area contributed by atoms with Crippen LogP contribution in [0.15, 0.2) is 0 Å². The molecule has 0 aromatic carbocycles. The summed E-state index contributed by atoms with van der Waals surface area (Å²) in [7, 11) is 0. The Balaban J connectivity index is 1.68. The van der Waals surface area contributed by atoms with Crippen LogP contribution in [0.5, 0.6) is 0 Å². The molecule has 0 bridgehead atoms. The molecule has 2 aliphatic rings. The molecular formula is C8H13BrO. The maximum absolute atomic E-state index is 5.16. The Bertz CT molecular complexity index is 127. The molecule has 0 spiro atoms. The van der Waals surface area contributed by atoms with Gasteiger partial charge in [-0.3, -0.25) is 0 Å². The molecule has 0 N–H and O–H groups in total. The van der Waals surface area contributed by atoms with Crippen molar-refractivity contribution < 1.29 is 4.74 Å². The van der Waals surface area contributed by atoms with Gasteiger partial charge in [0.1, 0.15) is 0 Å². The minimum absolute atomic E-state index is 0.636. The highest BCUT2D eigenvalue weighted by molar-refractivity contribution is 9.09. The molecule has 0 radical (unpaired) electrons. The minimum atomic E-state index is 0.636. The van der Waals surface area contributed by atoms with Crippen molar-refractivity contribution in [2.45, 2.75) is 31.8 Å². The van der Waals surface area contributed by atoms with Gasteiger partial charge in [-0.25, -0.2) is 0 Å². The SMILES string of the molecule is BrCC1(CCC2CO2)CC1. The van der Waals surface area contributed by atoms with E-state index in [1.807, 2.05) is 0 Å². The molecule has 0 aromatic rings. The van der Waals surface area contributed by atoms with Crippen molar-refractivity contribution in [3.8, 4) is 0 Å². The number of halogens is 1. The van der Waals surface area contributed by atoms with Gasteiger partial charge in [0.2, 0.25) is 0 Å². The minimum Gasteiger partial charge on any atom is -0.373 e. The summed E-state index contributed by atoms with van der Waals surface area (Å²) in [5.41, 5.74) is 0.700. The van der Waals surface area contributed by atoms with E-state index < -0.39 is 0 Å². The zero-order valence-corrected chi connectivity index (χ0v) is 7.69. The topological polar surface area (TPSA) is 12.5 Å². The molecule has 10 heavy (non-hydrogen) atoms. The van der Waals surface area contributed by atoms with E-state index in [4.69, 9.17) is 4.74 Å². The molecule has 1 saturated carbocycles. The van der Waals surface area contributed by atoms with Crippen LogP contribution in [0.1, 0.15) is 25.7 Å². The molecule has 1 unspecified atom stereocenters. The van der Waals surface area contributed by atoms with Crippen LogP contribution < -0.4 is 0 Å². The lowest BCUT2D eigenvalue weighted by Gasteiger charge is -2.08. The number of epoxide rings is 1. The first-order valence-electron chi connectivity index (χ1n) is 4.02. The summed E-state index contributed by atoms with van der Waals surface area (Å²) in [6.07, 6.45) is 6.18. The lowest BCUT2D eigenvalue weighted by molar-refractivity contribution is 0.369. The monoisotopic (exact) mass is 204 g/mol. The van der Waals surface area contributed by atoms with Crippen molar-refractivity contribution in [3.05, 3.63) is 0 Å². The Morgan fingerprint density at radius 2 is 2.20 bits per heavy atom. The highest BCUT2D eigenvalue weighted by Gasteiger charge is 2.42. The normalized spacial score (nSPS) is 33.9. The number of ether oxygens (including phenoxy) is 1. The maximum atomic E-state index is 5.16. The predicted molar refractivity (Wildman–Crippen MR) is 44.4 cm³/mol. The standard InChI is InChI=1S/C8H13BrO/c9-6-8(3-4-8)2-1-7-5-10-7/h7H,1-6H2. The zero-order chi connectivity index (χ0) is 7.03. The molecule has 1 aliphatic carbocycles. The summed E-state index contributed by atoms with van der Waals surface area (Å²) in [6, 6.07) is 0. The van der Waals surface area contributed by atoms with Crippen LogP contribution in [0, 0.1) is 5.41 Å². The van der Waals surface area contributed by atoms with Gasteiger partial charge in [0.25, 0.3) is 0 Å². The van der Waals surface area contributed by atoms with Crippen LogP contribution in [-0.4, -0.2) is 18.0 Å². The van der Waals surface area contributed by atoms with Gasteiger partial charge in [0, 0.05) is 5.33 Å². The fraction of sp³-hybridized carbons (Fsp3) is 1.00. The third kappa shape index (κ3) is 1.54. The van der Waals surface area contributed by atoms with Crippen molar-refractivity contribution in [1.29, 1.82) is 0 Å². The molecule has 0 amide bonds. The second-order valence-electron chi connectivity index (χ2n) is 3.63. The van der Waals surface area contributed by atoms with Gasteiger partial charge in [-0.05, 0) is 31.1 Å². The first-order chi connectivity index (χ1) is 4.85. The van der Waals surface area contributed by atoms with E-state index >= 15 is 0 Å². The summed E-state index contributed by atoms with van der Waals surface area (Å²) in [5, 5.41) is 1.20. The Morgan fingerprint density at radius 3 is 2.60 bits per heavy atom. The van der Waals surface area contributed by atoms with Crippen LogP contribution in [0.2, 0.25) is 0 Å². The second-order valence-corrected chi connectivity index (χ2v) is 4.19. The van der Waals surface area contributed by atoms with Crippen LogP contribution in [0.25, 0.3) is 0 Å². The third-order valence-corrected chi connectivity index (χ3v) is 3.83. The Kier molecular flexibility index (Phi) is 1.77. The first kappa shape index (κ1) is 7.11. The molecule has 2 heteroatoms. The molecule has 1 heterocycles. The lowest BCUT2D eigenvalue weighted by atomic mass is 10.0. The average Bonchev–Trinajstić information content (AvgIpc) is 2.83. The summed E-state index contributed by atoms with van der Waals surface area (Å²) < 4.78 is 5.16. The Hall–Kier alpha value is 0.440. The van der Waals surface area contributed by atoms with Gasteiger partial charge in [0.15, 0.2) is 0 Å². The summed E-state index contributed by atoms with van der Waals surface area (Å²) >= 11 is 3.56. The highest BCUT2D eigenvalue weighted by atomic mass is 79.9. The van der Waals surface area contributed by atoms with Gasteiger partial charge < -0.3 is 4.74 Å². The highest BCUT2D eigenvalue weighted by Crippen LogP contribution is 2.51. The van der Waals surface area contributed by atoms with E-state index in [0.29, 0.717) is 11.5 Å². The maximum Gasteiger partial charge on any atom is 0.0810 e. The van der Waals surface area contributed by atoms with E-state index in [0.717, 1.165) is 6.61 Å². The smallest absolute Gasteiger partial charge is 0.0810 e. The van der Waals surface area contributed by atoms with Crippen LogP contribution >= 0.6 is 15.9 Å². The first-order valence-corrected chi connectivity index (χ1v) is 5.14. The summed E-state index contributed by atoms with van der Waals surface area (Å²) in [6.45, 7) is 1.03. The number of rotatable bonds is 4.